The van der Waals surface area contributed by atoms with Gasteiger partial charge in [0.2, 0.25) is 5.91 Å². The zero-order valence-electron chi connectivity index (χ0n) is 14.4. The molecule has 2 aromatic heterocycles. The van der Waals surface area contributed by atoms with Crippen molar-refractivity contribution in [3.05, 3.63) is 64.1 Å². The number of hydrogen-bond donors (Lipinski definition) is 1. The molecule has 0 aliphatic rings. The summed E-state index contributed by atoms with van der Waals surface area (Å²) >= 11 is 1.62. The molecule has 130 valence electrons. The standard InChI is InChI=1S/C20H17N3O2S/c1-12-3-8-19-16(9-12)17(23-25-19)10-20(24)22-15-6-4-14(5-7-15)18-11-26-13(2)21-18/h3-9,11H,10H2,1-2H3,(H,22,24). The van der Waals surface area contributed by atoms with Crippen molar-refractivity contribution in [3.63, 3.8) is 0 Å². The lowest BCUT2D eigenvalue weighted by atomic mass is 10.1. The summed E-state index contributed by atoms with van der Waals surface area (Å²) < 4.78 is 5.29. The van der Waals surface area contributed by atoms with Crippen LogP contribution in [0.4, 0.5) is 5.69 Å². The molecular formula is C20H17N3O2S. The van der Waals surface area contributed by atoms with Crippen LogP contribution in [0.1, 0.15) is 16.3 Å². The van der Waals surface area contributed by atoms with Crippen LogP contribution >= 0.6 is 11.3 Å². The van der Waals surface area contributed by atoms with Gasteiger partial charge in [0.15, 0.2) is 5.58 Å². The molecule has 0 aliphatic heterocycles. The van der Waals surface area contributed by atoms with Crippen molar-refractivity contribution in [2.45, 2.75) is 20.3 Å². The fourth-order valence-corrected chi connectivity index (χ4v) is 3.43. The summed E-state index contributed by atoms with van der Waals surface area (Å²) in [5.41, 5.74) is 5.18. The highest BCUT2D eigenvalue weighted by Gasteiger charge is 2.13. The molecule has 0 atom stereocenters. The molecule has 0 saturated carbocycles. The molecule has 1 amide bonds. The summed E-state index contributed by atoms with van der Waals surface area (Å²) in [5.74, 6) is -0.126. The molecule has 0 radical (unpaired) electrons. The van der Waals surface area contributed by atoms with Crippen molar-refractivity contribution in [3.8, 4) is 11.3 Å². The zero-order valence-corrected chi connectivity index (χ0v) is 15.3. The Morgan fingerprint density at radius 3 is 2.69 bits per heavy atom. The number of anilines is 1. The smallest absolute Gasteiger partial charge is 0.230 e. The van der Waals surface area contributed by atoms with E-state index in [-0.39, 0.29) is 12.3 Å². The normalized spacial score (nSPS) is 11.0. The highest BCUT2D eigenvalue weighted by molar-refractivity contribution is 7.09. The number of fused-ring (bicyclic) bond motifs is 1. The molecule has 2 aromatic carbocycles. The summed E-state index contributed by atoms with van der Waals surface area (Å²) in [6.45, 7) is 3.99. The van der Waals surface area contributed by atoms with Gasteiger partial charge in [0.05, 0.1) is 17.1 Å². The van der Waals surface area contributed by atoms with Crippen LogP contribution in [0.2, 0.25) is 0 Å². The van der Waals surface area contributed by atoms with Crippen molar-refractivity contribution in [1.29, 1.82) is 0 Å². The highest BCUT2D eigenvalue weighted by atomic mass is 32.1. The van der Waals surface area contributed by atoms with Crippen molar-refractivity contribution in [1.82, 2.24) is 10.1 Å². The molecule has 2 heterocycles. The number of aryl methyl sites for hydroxylation is 2. The van der Waals surface area contributed by atoms with Crippen LogP contribution in [0.25, 0.3) is 22.2 Å². The second kappa shape index (κ2) is 6.72. The minimum absolute atomic E-state index is 0.126. The van der Waals surface area contributed by atoms with E-state index in [9.17, 15) is 4.79 Å². The van der Waals surface area contributed by atoms with Crippen molar-refractivity contribution >= 4 is 33.9 Å². The second-order valence-corrected chi connectivity index (χ2v) is 7.25. The monoisotopic (exact) mass is 363 g/mol. The molecule has 4 rings (SSSR count). The first kappa shape index (κ1) is 16.5. The maximum atomic E-state index is 12.4. The van der Waals surface area contributed by atoms with E-state index in [1.54, 1.807) is 11.3 Å². The molecule has 5 nitrogen and oxygen atoms in total. The Hall–Kier alpha value is -2.99. The van der Waals surface area contributed by atoms with Gasteiger partial charge < -0.3 is 9.84 Å². The van der Waals surface area contributed by atoms with E-state index in [1.807, 2.05) is 61.7 Å². The van der Waals surface area contributed by atoms with Crippen LogP contribution in [0, 0.1) is 13.8 Å². The molecule has 4 aromatic rings. The van der Waals surface area contributed by atoms with Gasteiger partial charge in [0.1, 0.15) is 5.69 Å². The Bertz CT molecular complexity index is 1080. The second-order valence-electron chi connectivity index (χ2n) is 6.18. The Kier molecular flexibility index (Phi) is 4.26. The first-order chi connectivity index (χ1) is 12.6. The lowest BCUT2D eigenvalue weighted by Gasteiger charge is -2.05. The number of thiazole rings is 1. The molecule has 0 unspecified atom stereocenters. The predicted octanol–water partition coefficient (Wildman–Crippen LogP) is 4.75. The molecule has 0 bridgehead atoms. The largest absolute Gasteiger partial charge is 0.356 e. The lowest BCUT2D eigenvalue weighted by Crippen LogP contribution is -2.14. The summed E-state index contributed by atoms with van der Waals surface area (Å²) in [4.78, 5) is 16.8. The fraction of sp³-hybridized carbons (Fsp3) is 0.150. The summed E-state index contributed by atoms with van der Waals surface area (Å²) in [6.07, 6.45) is 0.170. The van der Waals surface area contributed by atoms with Gasteiger partial charge in [0, 0.05) is 22.0 Å². The highest BCUT2D eigenvalue weighted by Crippen LogP contribution is 2.24. The maximum absolute atomic E-state index is 12.4. The summed E-state index contributed by atoms with van der Waals surface area (Å²) in [6, 6.07) is 13.5. The number of hydrogen-bond acceptors (Lipinski definition) is 5. The van der Waals surface area contributed by atoms with E-state index in [2.05, 4.69) is 15.5 Å². The number of rotatable bonds is 4. The summed E-state index contributed by atoms with van der Waals surface area (Å²) in [5, 5.41) is 10.9. The molecule has 0 aliphatic carbocycles. The molecule has 6 heteroatoms. The van der Waals surface area contributed by atoms with Crippen molar-refractivity contribution in [2.75, 3.05) is 5.32 Å². The summed E-state index contributed by atoms with van der Waals surface area (Å²) in [7, 11) is 0. The molecule has 0 saturated heterocycles. The number of nitrogens with one attached hydrogen (secondary N) is 1. The van der Waals surface area contributed by atoms with Crippen LogP contribution < -0.4 is 5.32 Å². The van der Waals surface area contributed by atoms with Gasteiger partial charge in [-0.2, -0.15) is 0 Å². The minimum atomic E-state index is -0.126. The molecule has 0 spiro atoms. The average Bonchev–Trinajstić information content (AvgIpc) is 3.22. The zero-order chi connectivity index (χ0) is 18.1. The van der Waals surface area contributed by atoms with Crippen LogP contribution in [0.15, 0.2) is 52.4 Å². The Morgan fingerprint density at radius 2 is 1.96 bits per heavy atom. The van der Waals surface area contributed by atoms with E-state index in [0.717, 1.165) is 32.9 Å². The average molecular weight is 363 g/mol. The molecule has 0 fully saturated rings. The number of carbonyl (C=O) groups is 1. The number of carbonyl (C=O) groups excluding carboxylic acids is 1. The van der Waals surface area contributed by atoms with Gasteiger partial charge in [0.25, 0.3) is 0 Å². The van der Waals surface area contributed by atoms with E-state index in [0.29, 0.717) is 11.3 Å². The number of amides is 1. The van der Waals surface area contributed by atoms with E-state index >= 15 is 0 Å². The molecule has 26 heavy (non-hydrogen) atoms. The van der Waals surface area contributed by atoms with Crippen LogP contribution in [-0.2, 0) is 11.2 Å². The van der Waals surface area contributed by atoms with E-state index in [1.165, 1.54) is 0 Å². The van der Waals surface area contributed by atoms with Gasteiger partial charge in [-0.15, -0.1) is 11.3 Å². The molecular weight excluding hydrogens is 346 g/mol. The number of benzene rings is 2. The van der Waals surface area contributed by atoms with Gasteiger partial charge >= 0.3 is 0 Å². The van der Waals surface area contributed by atoms with Crippen molar-refractivity contribution in [2.24, 2.45) is 0 Å². The van der Waals surface area contributed by atoms with E-state index < -0.39 is 0 Å². The van der Waals surface area contributed by atoms with Gasteiger partial charge in [-0.3, -0.25) is 4.79 Å². The first-order valence-electron chi connectivity index (χ1n) is 8.26. The van der Waals surface area contributed by atoms with Gasteiger partial charge in [-0.25, -0.2) is 4.98 Å². The van der Waals surface area contributed by atoms with E-state index in [4.69, 9.17) is 4.52 Å². The molecule has 1 N–H and O–H groups in total. The predicted molar refractivity (Wildman–Crippen MR) is 103 cm³/mol. The Labute approximate surface area is 154 Å². The van der Waals surface area contributed by atoms with Gasteiger partial charge in [-0.1, -0.05) is 28.9 Å². The number of aromatic nitrogens is 2. The third-order valence-electron chi connectivity index (χ3n) is 4.11. The topological polar surface area (TPSA) is 68.0 Å². The number of nitrogens with zero attached hydrogens (tertiary/aromatic N) is 2. The fourth-order valence-electron chi connectivity index (χ4n) is 2.81. The lowest BCUT2D eigenvalue weighted by molar-refractivity contribution is -0.115. The SMILES string of the molecule is Cc1ccc2onc(CC(=O)Nc3ccc(-c4csc(C)n4)cc3)c2c1. The van der Waals surface area contributed by atoms with Crippen molar-refractivity contribution < 1.29 is 9.32 Å². The Balaban J connectivity index is 1.46. The van der Waals surface area contributed by atoms with Crippen LogP contribution in [0.3, 0.4) is 0 Å². The third kappa shape index (κ3) is 3.36. The maximum Gasteiger partial charge on any atom is 0.230 e. The third-order valence-corrected chi connectivity index (χ3v) is 4.89. The first-order valence-corrected chi connectivity index (χ1v) is 9.14. The minimum Gasteiger partial charge on any atom is -0.356 e. The quantitative estimate of drug-likeness (QED) is 0.568. The van der Waals surface area contributed by atoms with Crippen LogP contribution in [0.5, 0.6) is 0 Å². The van der Waals surface area contributed by atoms with Gasteiger partial charge in [-0.05, 0) is 38.1 Å². The Morgan fingerprint density at radius 1 is 1.15 bits per heavy atom. The van der Waals surface area contributed by atoms with Crippen LogP contribution in [-0.4, -0.2) is 16.0 Å².